The molecule has 0 unspecified atom stereocenters. The molecule has 2 saturated carbocycles. The van der Waals surface area contributed by atoms with Gasteiger partial charge in [0.15, 0.2) is 5.78 Å². The summed E-state index contributed by atoms with van der Waals surface area (Å²) in [5.41, 5.74) is -0.226. The topological polar surface area (TPSA) is 81.1 Å². The van der Waals surface area contributed by atoms with Gasteiger partial charge in [-0.05, 0) is 87.7 Å². The van der Waals surface area contributed by atoms with Crippen LogP contribution in [0.4, 0.5) is 0 Å². The van der Waals surface area contributed by atoms with Gasteiger partial charge in [-0.3, -0.25) is 9.59 Å². The SMILES string of the molecule is CN1CC[C@]23C[C@@]4(CC[C@@]2(O)[C@H]1Cc1ccc(O)cc13)C(=O)CC(=O)N4CC1CC1. The van der Waals surface area contributed by atoms with E-state index in [4.69, 9.17) is 0 Å². The van der Waals surface area contributed by atoms with E-state index < -0.39 is 16.6 Å². The van der Waals surface area contributed by atoms with Gasteiger partial charge in [-0.25, -0.2) is 0 Å². The molecule has 2 bridgehead atoms. The summed E-state index contributed by atoms with van der Waals surface area (Å²) in [4.78, 5) is 30.4. The first-order valence-electron chi connectivity index (χ1n) is 11.4. The van der Waals surface area contributed by atoms with Gasteiger partial charge in [0.05, 0.1) is 12.0 Å². The molecular weight excluding hydrogens is 380 g/mol. The summed E-state index contributed by atoms with van der Waals surface area (Å²) < 4.78 is 0. The molecule has 1 amide bonds. The highest BCUT2D eigenvalue weighted by Crippen LogP contribution is 2.62. The van der Waals surface area contributed by atoms with Crippen LogP contribution in [0.25, 0.3) is 0 Å². The number of benzene rings is 1. The lowest BCUT2D eigenvalue weighted by atomic mass is 9.46. The van der Waals surface area contributed by atoms with Crippen molar-refractivity contribution < 1.29 is 19.8 Å². The quantitative estimate of drug-likeness (QED) is 0.726. The van der Waals surface area contributed by atoms with Crippen LogP contribution in [0.3, 0.4) is 0 Å². The molecule has 2 heterocycles. The smallest absolute Gasteiger partial charge is 0.230 e. The number of likely N-dealkylation sites (tertiary alicyclic amines) is 2. The Hall–Kier alpha value is -1.92. The van der Waals surface area contributed by atoms with Gasteiger partial charge in [0.1, 0.15) is 11.3 Å². The normalized spacial score (nSPS) is 40.6. The molecule has 4 atom stereocenters. The Morgan fingerprint density at radius 1 is 1.17 bits per heavy atom. The molecule has 1 aromatic carbocycles. The highest BCUT2D eigenvalue weighted by atomic mass is 16.3. The zero-order valence-corrected chi connectivity index (χ0v) is 17.6. The van der Waals surface area contributed by atoms with E-state index in [1.807, 2.05) is 17.0 Å². The Labute approximate surface area is 176 Å². The van der Waals surface area contributed by atoms with Crippen molar-refractivity contribution in [3.63, 3.8) is 0 Å². The number of Topliss-reactive ketones (excluding diaryl/α,β-unsaturated/α-hetero) is 1. The number of hydrogen-bond donors (Lipinski definition) is 2. The molecule has 5 aliphatic rings. The van der Waals surface area contributed by atoms with Crippen LogP contribution in [0.5, 0.6) is 5.75 Å². The van der Waals surface area contributed by atoms with Gasteiger partial charge in [0.25, 0.3) is 0 Å². The highest BCUT2D eigenvalue weighted by Gasteiger charge is 2.70. The van der Waals surface area contributed by atoms with Crippen LogP contribution in [-0.2, 0) is 21.4 Å². The first-order chi connectivity index (χ1) is 14.3. The number of fused-ring (bicyclic) bond motifs is 1. The molecule has 3 aliphatic carbocycles. The number of hydrogen-bond acceptors (Lipinski definition) is 5. The van der Waals surface area contributed by atoms with Gasteiger partial charge in [0, 0.05) is 18.0 Å². The summed E-state index contributed by atoms with van der Waals surface area (Å²) in [6.07, 6.45) is 5.27. The standard InChI is InChI=1S/C24H30N2O4/c1-25-9-8-22-14-23(20(28)12-21(29)26(23)13-15-2-3-15)6-7-24(22,30)19(25)10-16-4-5-17(27)11-18(16)22/h4-5,11,15,19,27,30H,2-3,6-10,12-14H2,1H3/t19-,22-,23+,24-/m1/s1. The maximum absolute atomic E-state index is 13.3. The predicted molar refractivity (Wildman–Crippen MR) is 110 cm³/mol. The molecule has 0 aromatic heterocycles. The zero-order chi connectivity index (χ0) is 20.9. The van der Waals surface area contributed by atoms with Crippen LogP contribution in [0.2, 0.25) is 0 Å². The average molecular weight is 411 g/mol. The van der Waals surface area contributed by atoms with Crippen molar-refractivity contribution in [2.75, 3.05) is 20.1 Å². The number of aromatic hydroxyl groups is 1. The van der Waals surface area contributed by atoms with Gasteiger partial charge in [-0.1, -0.05) is 6.07 Å². The largest absolute Gasteiger partial charge is 0.508 e. The molecule has 2 saturated heterocycles. The number of ketones is 1. The monoisotopic (exact) mass is 410 g/mol. The second kappa shape index (κ2) is 5.86. The van der Waals surface area contributed by atoms with Crippen molar-refractivity contribution in [1.29, 1.82) is 0 Å². The fraction of sp³-hybridized carbons (Fsp3) is 0.667. The van der Waals surface area contributed by atoms with Crippen molar-refractivity contribution in [1.82, 2.24) is 9.80 Å². The van der Waals surface area contributed by atoms with Crippen molar-refractivity contribution in [3.8, 4) is 5.75 Å². The molecule has 6 heteroatoms. The summed E-state index contributed by atoms with van der Waals surface area (Å²) in [6, 6.07) is 5.50. The van der Waals surface area contributed by atoms with Gasteiger partial charge >= 0.3 is 0 Å². The number of phenols is 1. The van der Waals surface area contributed by atoms with E-state index in [0.29, 0.717) is 31.7 Å². The lowest BCUT2D eigenvalue weighted by Crippen LogP contribution is -2.76. The number of carbonyl (C=O) groups is 2. The summed E-state index contributed by atoms with van der Waals surface area (Å²) >= 11 is 0. The fourth-order valence-electron chi connectivity index (χ4n) is 7.33. The minimum absolute atomic E-state index is 0.00252. The third-order valence-electron chi connectivity index (χ3n) is 9.13. The molecular formula is C24H30N2O4. The highest BCUT2D eigenvalue weighted by molar-refractivity contribution is 6.10. The Bertz CT molecular complexity index is 959. The maximum Gasteiger partial charge on any atom is 0.230 e. The first-order valence-corrected chi connectivity index (χ1v) is 11.4. The summed E-state index contributed by atoms with van der Waals surface area (Å²) in [5.74, 6) is 0.714. The Morgan fingerprint density at radius 2 is 1.97 bits per heavy atom. The lowest BCUT2D eigenvalue weighted by molar-refractivity contribution is -0.186. The molecule has 2 N–H and O–H groups in total. The molecule has 4 fully saturated rings. The number of rotatable bonds is 2. The van der Waals surface area contributed by atoms with Crippen LogP contribution >= 0.6 is 0 Å². The minimum atomic E-state index is -0.955. The Balaban J connectivity index is 1.52. The Morgan fingerprint density at radius 3 is 2.73 bits per heavy atom. The average Bonchev–Trinajstić information content (AvgIpc) is 3.50. The molecule has 2 aliphatic heterocycles. The third-order valence-corrected chi connectivity index (χ3v) is 9.13. The van der Waals surface area contributed by atoms with E-state index in [9.17, 15) is 19.8 Å². The number of piperidine rings is 1. The van der Waals surface area contributed by atoms with Crippen LogP contribution in [0.15, 0.2) is 18.2 Å². The van der Waals surface area contributed by atoms with Crippen molar-refractivity contribution in [2.45, 2.75) is 74.0 Å². The predicted octanol–water partition coefficient (Wildman–Crippen LogP) is 1.76. The van der Waals surface area contributed by atoms with Crippen LogP contribution in [-0.4, -0.2) is 69.0 Å². The first kappa shape index (κ1) is 18.8. The van der Waals surface area contributed by atoms with Crippen LogP contribution < -0.4 is 0 Å². The van der Waals surface area contributed by atoms with E-state index in [1.165, 1.54) is 0 Å². The van der Waals surface area contributed by atoms with Gasteiger partial charge in [-0.2, -0.15) is 0 Å². The van der Waals surface area contributed by atoms with Gasteiger partial charge in [-0.15, -0.1) is 0 Å². The number of carbonyl (C=O) groups excluding carboxylic acids is 2. The van der Waals surface area contributed by atoms with Crippen LogP contribution in [0.1, 0.15) is 56.1 Å². The molecule has 160 valence electrons. The molecule has 0 radical (unpaired) electrons. The van der Waals surface area contributed by atoms with Gasteiger partial charge < -0.3 is 20.0 Å². The van der Waals surface area contributed by atoms with E-state index in [1.54, 1.807) is 6.07 Å². The summed E-state index contributed by atoms with van der Waals surface area (Å²) in [6.45, 7) is 1.51. The number of amides is 1. The molecule has 1 spiro atoms. The molecule has 6 rings (SSSR count). The number of nitrogens with zero attached hydrogens (tertiary/aromatic N) is 2. The number of aliphatic hydroxyl groups is 1. The minimum Gasteiger partial charge on any atom is -0.508 e. The third kappa shape index (κ3) is 2.21. The number of phenolic OH excluding ortho intramolecular Hbond substituents is 1. The Kier molecular flexibility index (Phi) is 3.67. The van der Waals surface area contributed by atoms with Gasteiger partial charge in [0.2, 0.25) is 5.91 Å². The molecule has 30 heavy (non-hydrogen) atoms. The second-order valence-corrected chi connectivity index (χ2v) is 10.6. The summed E-state index contributed by atoms with van der Waals surface area (Å²) in [7, 11) is 2.08. The van der Waals surface area contributed by atoms with E-state index >= 15 is 0 Å². The van der Waals surface area contributed by atoms with E-state index in [-0.39, 0.29) is 29.9 Å². The van der Waals surface area contributed by atoms with E-state index in [0.717, 1.165) is 43.4 Å². The van der Waals surface area contributed by atoms with Crippen molar-refractivity contribution >= 4 is 11.7 Å². The molecule has 1 aromatic rings. The number of likely N-dealkylation sites (N-methyl/N-ethyl adjacent to an activating group) is 1. The zero-order valence-electron chi connectivity index (χ0n) is 17.6. The summed E-state index contributed by atoms with van der Waals surface area (Å²) in [5, 5.41) is 22.5. The second-order valence-electron chi connectivity index (χ2n) is 10.6. The molecule has 6 nitrogen and oxygen atoms in total. The van der Waals surface area contributed by atoms with Crippen molar-refractivity contribution in [3.05, 3.63) is 29.3 Å². The van der Waals surface area contributed by atoms with Crippen LogP contribution in [0, 0.1) is 5.92 Å². The van der Waals surface area contributed by atoms with E-state index in [2.05, 4.69) is 11.9 Å². The fourth-order valence-corrected chi connectivity index (χ4v) is 7.33. The maximum atomic E-state index is 13.3. The van der Waals surface area contributed by atoms with Crippen molar-refractivity contribution in [2.24, 2.45) is 5.92 Å². The lowest BCUT2D eigenvalue weighted by Gasteiger charge is -2.66.